The van der Waals surface area contributed by atoms with Gasteiger partial charge in [0.05, 0.1) is 13.7 Å². The minimum absolute atomic E-state index is 0. The fraction of sp³-hybridized carbons (Fsp3) is 0.474. The van der Waals surface area contributed by atoms with Crippen LogP contribution in [-0.2, 0) is 6.54 Å². The average molecular weight is 487 g/mol. The van der Waals surface area contributed by atoms with Crippen molar-refractivity contribution in [1.29, 1.82) is 0 Å². The third-order valence-electron chi connectivity index (χ3n) is 3.83. The monoisotopic (exact) mass is 487 g/mol. The van der Waals surface area contributed by atoms with Gasteiger partial charge in [0.15, 0.2) is 5.96 Å². The van der Waals surface area contributed by atoms with Crippen molar-refractivity contribution in [2.75, 3.05) is 27.2 Å². The molecule has 0 aliphatic rings. The first-order valence-corrected chi connectivity index (χ1v) is 8.83. The molecule has 8 heteroatoms. The van der Waals surface area contributed by atoms with Crippen LogP contribution in [0.3, 0.4) is 0 Å². The number of guanidine groups is 1. The quantitative estimate of drug-likeness (QED) is 0.324. The smallest absolute Gasteiger partial charge is 0.191 e. The van der Waals surface area contributed by atoms with E-state index in [-0.39, 0.29) is 30.1 Å². The standard InChI is InChI=1S/C19H29N5O2.HI/c1-15(14-24-10-6-9-23-24)12-21-19(20-3)22-13-16(2)26-18-8-5-7-17(11-18)25-4;/h5-11,15-16H,12-14H2,1-4H3,(H2,20,21,22);1H. The Morgan fingerprint density at radius 1 is 1.19 bits per heavy atom. The molecule has 0 saturated heterocycles. The summed E-state index contributed by atoms with van der Waals surface area (Å²) in [6.07, 6.45) is 3.76. The second kappa shape index (κ2) is 12.4. The topological polar surface area (TPSA) is 72.7 Å². The highest BCUT2D eigenvalue weighted by Gasteiger charge is 2.08. The Bertz CT molecular complexity index is 678. The molecular formula is C19H30IN5O2. The van der Waals surface area contributed by atoms with Gasteiger partial charge in [0.2, 0.25) is 0 Å². The molecule has 0 aliphatic heterocycles. The number of halogens is 1. The van der Waals surface area contributed by atoms with Gasteiger partial charge in [-0.15, -0.1) is 24.0 Å². The van der Waals surface area contributed by atoms with Crippen LogP contribution in [0, 0.1) is 5.92 Å². The third-order valence-corrected chi connectivity index (χ3v) is 3.83. The predicted molar refractivity (Wildman–Crippen MR) is 119 cm³/mol. The van der Waals surface area contributed by atoms with Crippen molar-refractivity contribution >= 4 is 29.9 Å². The number of ether oxygens (including phenoxy) is 2. The lowest BCUT2D eigenvalue weighted by Gasteiger charge is -2.19. The van der Waals surface area contributed by atoms with Crippen molar-refractivity contribution in [2.24, 2.45) is 10.9 Å². The van der Waals surface area contributed by atoms with E-state index in [1.807, 2.05) is 48.1 Å². The van der Waals surface area contributed by atoms with Crippen LogP contribution in [-0.4, -0.2) is 49.1 Å². The molecule has 1 aromatic carbocycles. The maximum atomic E-state index is 5.91. The third kappa shape index (κ3) is 8.51. The van der Waals surface area contributed by atoms with Gasteiger partial charge >= 0.3 is 0 Å². The van der Waals surface area contributed by atoms with Crippen molar-refractivity contribution in [3.8, 4) is 11.5 Å². The van der Waals surface area contributed by atoms with E-state index in [0.29, 0.717) is 12.5 Å². The zero-order valence-electron chi connectivity index (χ0n) is 16.4. The highest BCUT2D eigenvalue weighted by Crippen LogP contribution is 2.19. The summed E-state index contributed by atoms with van der Waals surface area (Å²) in [6, 6.07) is 9.54. The van der Waals surface area contributed by atoms with E-state index >= 15 is 0 Å². The summed E-state index contributed by atoms with van der Waals surface area (Å²) in [5, 5.41) is 10.9. The SMILES string of the molecule is CN=C(NCC(C)Cn1cccn1)NCC(C)Oc1cccc(OC)c1.I. The number of nitrogens with one attached hydrogen (secondary N) is 2. The average Bonchev–Trinajstić information content (AvgIpc) is 3.15. The Labute approximate surface area is 178 Å². The van der Waals surface area contributed by atoms with Gasteiger partial charge in [-0.3, -0.25) is 9.67 Å². The van der Waals surface area contributed by atoms with Gasteiger partial charge in [-0.1, -0.05) is 13.0 Å². The molecule has 0 radical (unpaired) electrons. The summed E-state index contributed by atoms with van der Waals surface area (Å²) in [5.74, 6) is 2.76. The van der Waals surface area contributed by atoms with E-state index in [1.165, 1.54) is 0 Å². The molecular weight excluding hydrogens is 457 g/mol. The van der Waals surface area contributed by atoms with Crippen molar-refractivity contribution in [3.63, 3.8) is 0 Å². The normalized spacial score (nSPS) is 13.3. The predicted octanol–water partition coefficient (Wildman–Crippen LogP) is 2.78. The highest BCUT2D eigenvalue weighted by atomic mass is 127. The molecule has 2 atom stereocenters. The van der Waals surface area contributed by atoms with E-state index < -0.39 is 0 Å². The molecule has 0 saturated carbocycles. The summed E-state index contributed by atoms with van der Waals surface area (Å²) < 4.78 is 13.1. The zero-order chi connectivity index (χ0) is 18.8. The van der Waals surface area contributed by atoms with E-state index in [2.05, 4.69) is 27.6 Å². The second-order valence-electron chi connectivity index (χ2n) is 6.27. The molecule has 2 unspecified atom stereocenters. The number of hydrogen-bond acceptors (Lipinski definition) is 4. The number of nitrogens with zero attached hydrogens (tertiary/aromatic N) is 3. The molecule has 1 aromatic heterocycles. The molecule has 1 heterocycles. The number of aliphatic imine (C=N–C) groups is 1. The Kier molecular flexibility index (Phi) is 10.6. The van der Waals surface area contributed by atoms with Gasteiger partial charge in [-0.2, -0.15) is 5.10 Å². The van der Waals surface area contributed by atoms with Gasteiger partial charge < -0.3 is 20.1 Å². The van der Waals surface area contributed by atoms with Crippen LogP contribution < -0.4 is 20.1 Å². The van der Waals surface area contributed by atoms with Crippen LogP contribution in [0.5, 0.6) is 11.5 Å². The lowest BCUT2D eigenvalue weighted by atomic mass is 10.2. The molecule has 0 spiro atoms. The molecule has 0 bridgehead atoms. The summed E-state index contributed by atoms with van der Waals surface area (Å²) in [5.41, 5.74) is 0. The Balaban J connectivity index is 0.00000364. The van der Waals surface area contributed by atoms with Crippen LogP contribution >= 0.6 is 24.0 Å². The second-order valence-corrected chi connectivity index (χ2v) is 6.27. The van der Waals surface area contributed by atoms with Gasteiger partial charge in [0.1, 0.15) is 17.6 Å². The number of rotatable bonds is 9. The number of methoxy groups -OCH3 is 1. The first kappa shape index (κ1) is 23.1. The van der Waals surface area contributed by atoms with Crippen molar-refractivity contribution in [2.45, 2.75) is 26.5 Å². The van der Waals surface area contributed by atoms with E-state index in [4.69, 9.17) is 9.47 Å². The molecule has 2 rings (SSSR count). The lowest BCUT2D eigenvalue weighted by molar-refractivity contribution is 0.223. The maximum absolute atomic E-state index is 5.91. The lowest BCUT2D eigenvalue weighted by Crippen LogP contribution is -2.43. The van der Waals surface area contributed by atoms with Crippen molar-refractivity contribution in [3.05, 3.63) is 42.7 Å². The number of benzene rings is 1. The molecule has 27 heavy (non-hydrogen) atoms. The van der Waals surface area contributed by atoms with E-state index in [9.17, 15) is 0 Å². The minimum atomic E-state index is -0.0119. The Morgan fingerprint density at radius 3 is 2.59 bits per heavy atom. The summed E-state index contributed by atoms with van der Waals surface area (Å²) in [6.45, 7) is 6.51. The van der Waals surface area contributed by atoms with Gasteiger partial charge in [0.25, 0.3) is 0 Å². The summed E-state index contributed by atoms with van der Waals surface area (Å²) in [4.78, 5) is 4.26. The first-order valence-electron chi connectivity index (χ1n) is 8.83. The Hall–Kier alpha value is -1.97. The van der Waals surface area contributed by atoms with Crippen LogP contribution in [0.15, 0.2) is 47.7 Å². The summed E-state index contributed by atoms with van der Waals surface area (Å²) >= 11 is 0. The molecule has 2 aromatic rings. The van der Waals surface area contributed by atoms with Gasteiger partial charge in [0, 0.05) is 38.6 Å². The fourth-order valence-corrected chi connectivity index (χ4v) is 2.47. The highest BCUT2D eigenvalue weighted by molar-refractivity contribution is 14.0. The van der Waals surface area contributed by atoms with Crippen molar-refractivity contribution < 1.29 is 9.47 Å². The van der Waals surface area contributed by atoms with Crippen molar-refractivity contribution in [1.82, 2.24) is 20.4 Å². The largest absolute Gasteiger partial charge is 0.497 e. The zero-order valence-corrected chi connectivity index (χ0v) is 18.7. The number of aromatic nitrogens is 2. The Morgan fingerprint density at radius 2 is 1.93 bits per heavy atom. The summed E-state index contributed by atoms with van der Waals surface area (Å²) in [7, 11) is 3.41. The van der Waals surface area contributed by atoms with Crippen LogP contribution in [0.25, 0.3) is 0 Å². The van der Waals surface area contributed by atoms with Gasteiger partial charge in [-0.05, 0) is 31.0 Å². The minimum Gasteiger partial charge on any atom is -0.497 e. The first-order chi connectivity index (χ1) is 12.6. The van der Waals surface area contributed by atoms with Crippen LogP contribution in [0.2, 0.25) is 0 Å². The molecule has 0 fully saturated rings. The van der Waals surface area contributed by atoms with E-state index in [0.717, 1.165) is 30.5 Å². The van der Waals surface area contributed by atoms with E-state index in [1.54, 1.807) is 20.4 Å². The van der Waals surface area contributed by atoms with Crippen LogP contribution in [0.1, 0.15) is 13.8 Å². The molecule has 2 N–H and O–H groups in total. The fourth-order valence-electron chi connectivity index (χ4n) is 2.47. The van der Waals surface area contributed by atoms with Gasteiger partial charge in [-0.25, -0.2) is 0 Å². The molecule has 0 amide bonds. The maximum Gasteiger partial charge on any atom is 0.191 e. The molecule has 7 nitrogen and oxygen atoms in total. The molecule has 150 valence electrons. The van der Waals surface area contributed by atoms with Crippen LogP contribution in [0.4, 0.5) is 0 Å². The number of hydrogen-bond donors (Lipinski definition) is 2. The molecule has 0 aliphatic carbocycles.